The lowest BCUT2D eigenvalue weighted by molar-refractivity contribution is -0.145. The zero-order valence-corrected chi connectivity index (χ0v) is 23.5. The van der Waals surface area contributed by atoms with Gasteiger partial charge in [0.05, 0.1) is 6.04 Å². The fourth-order valence-corrected chi connectivity index (χ4v) is 5.86. The molecule has 0 spiro atoms. The van der Waals surface area contributed by atoms with E-state index in [2.05, 4.69) is 16.0 Å². The Balaban J connectivity index is 1.79. The van der Waals surface area contributed by atoms with Crippen molar-refractivity contribution in [2.75, 3.05) is 6.54 Å². The van der Waals surface area contributed by atoms with Gasteiger partial charge in [0.1, 0.15) is 12.1 Å². The molecule has 3 rings (SSSR count). The molecule has 0 radical (unpaired) electrons. The third-order valence-electron chi connectivity index (χ3n) is 7.95. The Kier molecular flexibility index (Phi) is 9.64. The van der Waals surface area contributed by atoms with E-state index in [1.807, 2.05) is 41.5 Å². The van der Waals surface area contributed by atoms with Gasteiger partial charge in [0.15, 0.2) is 6.10 Å². The van der Waals surface area contributed by atoms with Crippen LogP contribution in [0.1, 0.15) is 92.9 Å². The molecule has 210 valence electrons. The molecule has 0 aromatic heterocycles. The monoisotopic (exact) mass is 520 g/mol. The number of nitrogens with one attached hydrogen (secondary N) is 3. The normalized spacial score (nSPS) is 25.8. The number of likely N-dealkylation sites (tertiary alicyclic amines) is 1. The van der Waals surface area contributed by atoms with Gasteiger partial charge in [0.25, 0.3) is 5.91 Å². The van der Waals surface area contributed by atoms with Crippen LogP contribution < -0.4 is 16.0 Å². The Labute approximate surface area is 221 Å². The molecule has 6 unspecified atom stereocenters. The molecule has 6 atom stereocenters. The van der Waals surface area contributed by atoms with Gasteiger partial charge in [-0.05, 0) is 55.3 Å². The van der Waals surface area contributed by atoms with Gasteiger partial charge in [-0.2, -0.15) is 0 Å². The molecular weight excluding hydrogens is 472 g/mol. The molecule has 0 aromatic carbocycles. The lowest BCUT2D eigenvalue weighted by atomic mass is 9.85. The third kappa shape index (κ3) is 7.45. The van der Waals surface area contributed by atoms with E-state index < -0.39 is 35.6 Å². The van der Waals surface area contributed by atoms with Crippen LogP contribution in [0.2, 0.25) is 0 Å². The lowest BCUT2D eigenvalue weighted by Crippen LogP contribution is -2.60. The van der Waals surface area contributed by atoms with E-state index in [0.717, 1.165) is 32.1 Å². The summed E-state index contributed by atoms with van der Waals surface area (Å²) in [7, 11) is 0. The van der Waals surface area contributed by atoms with E-state index in [0.29, 0.717) is 25.8 Å². The van der Waals surface area contributed by atoms with Crippen LogP contribution in [-0.2, 0) is 19.2 Å². The number of amides is 4. The molecule has 3 fully saturated rings. The van der Waals surface area contributed by atoms with Gasteiger partial charge in [-0.1, -0.05) is 54.4 Å². The number of carbonyl (C=O) groups is 4. The van der Waals surface area contributed by atoms with E-state index in [-0.39, 0.29) is 41.5 Å². The second-order valence-corrected chi connectivity index (χ2v) is 12.9. The Bertz CT molecular complexity index is 850. The molecule has 3 aliphatic rings. The summed E-state index contributed by atoms with van der Waals surface area (Å²) in [5.74, 6) is -0.746. The van der Waals surface area contributed by atoms with Crippen LogP contribution in [0, 0.1) is 23.2 Å². The largest absolute Gasteiger partial charge is 0.381 e. The first-order chi connectivity index (χ1) is 17.3. The van der Waals surface area contributed by atoms with Crippen LogP contribution >= 0.6 is 0 Å². The van der Waals surface area contributed by atoms with Crippen molar-refractivity contribution in [2.45, 2.75) is 123 Å². The van der Waals surface area contributed by atoms with E-state index in [1.54, 1.807) is 4.90 Å². The van der Waals surface area contributed by atoms with Gasteiger partial charge in [0.2, 0.25) is 17.7 Å². The molecular formula is C28H48N4O5. The van der Waals surface area contributed by atoms with Crippen molar-refractivity contribution in [2.24, 2.45) is 23.2 Å². The minimum Gasteiger partial charge on any atom is -0.381 e. The first-order valence-electron chi connectivity index (χ1n) is 14.2. The summed E-state index contributed by atoms with van der Waals surface area (Å²) in [6.45, 7) is 12.1. The Morgan fingerprint density at radius 2 is 1.70 bits per heavy atom. The van der Waals surface area contributed by atoms with E-state index in [9.17, 15) is 24.3 Å². The third-order valence-corrected chi connectivity index (χ3v) is 7.95. The van der Waals surface area contributed by atoms with E-state index in [1.165, 1.54) is 0 Å². The number of nitrogens with zero attached hydrogens (tertiary/aromatic N) is 1. The molecule has 37 heavy (non-hydrogen) atoms. The number of aliphatic hydroxyl groups is 1. The molecule has 1 aliphatic heterocycles. The van der Waals surface area contributed by atoms with Crippen molar-refractivity contribution in [1.82, 2.24) is 20.9 Å². The smallest absolute Gasteiger partial charge is 0.251 e. The molecule has 1 heterocycles. The molecule has 2 saturated carbocycles. The SMILES string of the molecule is CCCC(NC(=O)C1C2CCCC2CN1C(=O)C(NC(=O)CC(C)C)C(C)(C)C)C(O)C(=O)NC1CC1. The fraction of sp³-hybridized carbons (Fsp3) is 0.857. The Hall–Kier alpha value is -2.16. The lowest BCUT2D eigenvalue weighted by Gasteiger charge is -2.37. The quantitative estimate of drug-likeness (QED) is 0.332. The molecule has 9 heteroatoms. The molecule has 0 aromatic rings. The van der Waals surface area contributed by atoms with Gasteiger partial charge in [-0.25, -0.2) is 0 Å². The highest BCUT2D eigenvalue weighted by Crippen LogP contribution is 2.43. The number of carbonyl (C=O) groups excluding carboxylic acids is 4. The molecule has 0 bridgehead atoms. The summed E-state index contributed by atoms with van der Waals surface area (Å²) in [6.07, 6.45) is 4.78. The van der Waals surface area contributed by atoms with E-state index in [4.69, 9.17) is 0 Å². The maximum absolute atomic E-state index is 14.0. The second-order valence-electron chi connectivity index (χ2n) is 12.9. The minimum absolute atomic E-state index is 0.0376. The van der Waals surface area contributed by atoms with Crippen molar-refractivity contribution < 1.29 is 24.3 Å². The average Bonchev–Trinajstić information content (AvgIpc) is 3.35. The zero-order chi connectivity index (χ0) is 27.5. The van der Waals surface area contributed by atoms with Crippen molar-refractivity contribution in [1.29, 1.82) is 0 Å². The van der Waals surface area contributed by atoms with Gasteiger partial charge in [-0.15, -0.1) is 0 Å². The van der Waals surface area contributed by atoms with Crippen molar-refractivity contribution in [3.05, 3.63) is 0 Å². The van der Waals surface area contributed by atoms with Crippen molar-refractivity contribution >= 4 is 23.6 Å². The predicted octanol–water partition coefficient (Wildman–Crippen LogP) is 2.11. The van der Waals surface area contributed by atoms with Crippen LogP contribution in [0.5, 0.6) is 0 Å². The summed E-state index contributed by atoms with van der Waals surface area (Å²) >= 11 is 0. The van der Waals surface area contributed by atoms with Gasteiger partial charge < -0.3 is 26.0 Å². The van der Waals surface area contributed by atoms with Crippen molar-refractivity contribution in [3.63, 3.8) is 0 Å². The average molecular weight is 521 g/mol. The standard InChI is InChI=1S/C28H48N4O5/c1-7-9-20(23(34)26(36)29-18-12-13-18)30-25(35)22-19-11-8-10-17(19)15-32(22)27(37)24(28(4,5)6)31-21(33)14-16(2)3/h16-20,22-24,34H,7-15H2,1-6H3,(H,29,36)(H,30,35)(H,31,33). The van der Waals surface area contributed by atoms with Gasteiger partial charge in [-0.3, -0.25) is 19.2 Å². The number of hydrogen-bond donors (Lipinski definition) is 4. The van der Waals surface area contributed by atoms with Crippen LogP contribution in [0.25, 0.3) is 0 Å². The molecule has 9 nitrogen and oxygen atoms in total. The number of fused-ring (bicyclic) bond motifs is 1. The molecule has 1 saturated heterocycles. The minimum atomic E-state index is -1.34. The highest BCUT2D eigenvalue weighted by molar-refractivity contribution is 5.94. The summed E-state index contributed by atoms with van der Waals surface area (Å²) in [5, 5.41) is 19.5. The fourth-order valence-electron chi connectivity index (χ4n) is 5.86. The summed E-state index contributed by atoms with van der Waals surface area (Å²) in [6, 6.07) is -2.04. The second kappa shape index (κ2) is 12.1. The molecule has 4 N–H and O–H groups in total. The van der Waals surface area contributed by atoms with E-state index >= 15 is 0 Å². The van der Waals surface area contributed by atoms with Crippen LogP contribution in [-0.4, -0.2) is 70.5 Å². The highest BCUT2D eigenvalue weighted by atomic mass is 16.3. The first kappa shape index (κ1) is 29.4. The topological polar surface area (TPSA) is 128 Å². The number of aliphatic hydroxyl groups excluding tert-OH is 1. The molecule has 2 aliphatic carbocycles. The predicted molar refractivity (Wildman–Crippen MR) is 141 cm³/mol. The molecule has 4 amide bonds. The first-order valence-corrected chi connectivity index (χ1v) is 14.2. The number of rotatable bonds is 11. The Morgan fingerprint density at radius 1 is 1.03 bits per heavy atom. The van der Waals surface area contributed by atoms with Crippen LogP contribution in [0.3, 0.4) is 0 Å². The number of hydrogen-bond acceptors (Lipinski definition) is 5. The zero-order valence-electron chi connectivity index (χ0n) is 23.5. The summed E-state index contributed by atoms with van der Waals surface area (Å²) < 4.78 is 0. The van der Waals surface area contributed by atoms with Crippen molar-refractivity contribution in [3.8, 4) is 0 Å². The summed E-state index contributed by atoms with van der Waals surface area (Å²) in [5.41, 5.74) is -0.537. The van der Waals surface area contributed by atoms with Gasteiger partial charge >= 0.3 is 0 Å². The van der Waals surface area contributed by atoms with Crippen LogP contribution in [0.15, 0.2) is 0 Å². The maximum Gasteiger partial charge on any atom is 0.251 e. The maximum atomic E-state index is 14.0. The Morgan fingerprint density at radius 3 is 2.27 bits per heavy atom. The van der Waals surface area contributed by atoms with Crippen LogP contribution in [0.4, 0.5) is 0 Å². The highest BCUT2D eigenvalue weighted by Gasteiger charge is 2.52. The van der Waals surface area contributed by atoms with Gasteiger partial charge in [0, 0.05) is 19.0 Å². The summed E-state index contributed by atoms with van der Waals surface area (Å²) in [4.78, 5) is 54.6.